The number of pyridine rings is 1. The van der Waals surface area contributed by atoms with Gasteiger partial charge in [-0.15, -0.1) is 0 Å². The van der Waals surface area contributed by atoms with Gasteiger partial charge in [0.2, 0.25) is 0 Å². The van der Waals surface area contributed by atoms with E-state index in [1.165, 1.54) is 16.5 Å². The summed E-state index contributed by atoms with van der Waals surface area (Å²) in [6.07, 6.45) is 3.04. The van der Waals surface area contributed by atoms with E-state index in [-0.39, 0.29) is 11.4 Å². The van der Waals surface area contributed by atoms with Gasteiger partial charge in [0, 0.05) is 0 Å². The minimum atomic E-state index is -2.04. The first kappa shape index (κ1) is 23.9. The van der Waals surface area contributed by atoms with Crippen LogP contribution in [0.4, 0.5) is 5.82 Å². The zero-order valence-electron chi connectivity index (χ0n) is 20.3. The van der Waals surface area contributed by atoms with Crippen molar-refractivity contribution in [3.8, 4) is 5.82 Å². The molecule has 1 aliphatic heterocycles. The molecule has 0 aliphatic carbocycles. The standard InChI is InChI=1S/C25H33GeN5OS/c1-18-16-25(2,3)30(17-18)23-20(24(32)29-33-19-10-8-7-9-11-19)12-13-22(27-23)31-15-14-21(28-31)26(4,5)6/h7-15,18H,16-17H2,1-6H3,(H,29,32). The minimum absolute atomic E-state index is 0.0807. The molecule has 0 spiro atoms. The first-order valence-electron chi connectivity index (χ1n) is 11.4. The van der Waals surface area contributed by atoms with Crippen molar-refractivity contribution in [2.75, 3.05) is 11.4 Å². The number of hydrogen-bond acceptors (Lipinski definition) is 5. The molecule has 3 heterocycles. The maximum atomic E-state index is 13.3. The van der Waals surface area contributed by atoms with Crippen LogP contribution in [0.3, 0.4) is 0 Å². The molecule has 1 amide bonds. The van der Waals surface area contributed by atoms with Crippen LogP contribution >= 0.6 is 11.9 Å². The molecule has 8 heteroatoms. The predicted octanol–water partition coefficient (Wildman–Crippen LogP) is 4.87. The third-order valence-corrected chi connectivity index (χ3v) is 10.6. The quantitative estimate of drug-likeness (QED) is 0.368. The number of carbonyl (C=O) groups excluding carboxylic acids is 1. The Morgan fingerprint density at radius 2 is 1.85 bits per heavy atom. The van der Waals surface area contributed by atoms with Gasteiger partial charge in [0.05, 0.1) is 0 Å². The van der Waals surface area contributed by atoms with Crippen molar-refractivity contribution >= 4 is 41.5 Å². The van der Waals surface area contributed by atoms with E-state index in [2.05, 4.69) is 53.7 Å². The van der Waals surface area contributed by atoms with Gasteiger partial charge >= 0.3 is 186 Å². The Morgan fingerprint density at radius 1 is 1.12 bits per heavy atom. The van der Waals surface area contributed by atoms with Crippen LogP contribution in [0.1, 0.15) is 37.6 Å². The zero-order chi connectivity index (χ0) is 23.8. The molecule has 0 saturated carbocycles. The average molecular weight is 524 g/mol. The van der Waals surface area contributed by atoms with E-state index in [1.807, 2.05) is 53.3 Å². The molecule has 1 fully saturated rings. The van der Waals surface area contributed by atoms with E-state index < -0.39 is 13.3 Å². The molecule has 174 valence electrons. The molecule has 1 saturated heterocycles. The first-order valence-corrected chi connectivity index (χ1v) is 19.6. The van der Waals surface area contributed by atoms with Crippen LogP contribution in [0.25, 0.3) is 5.82 Å². The van der Waals surface area contributed by atoms with Gasteiger partial charge in [0.25, 0.3) is 0 Å². The van der Waals surface area contributed by atoms with Crippen molar-refractivity contribution in [2.24, 2.45) is 5.92 Å². The molecular formula is C25H33GeN5OS. The number of anilines is 1. The van der Waals surface area contributed by atoms with Crippen molar-refractivity contribution in [3.05, 3.63) is 60.3 Å². The van der Waals surface area contributed by atoms with Crippen molar-refractivity contribution in [1.82, 2.24) is 19.5 Å². The Bertz CT molecular complexity index is 1140. The van der Waals surface area contributed by atoms with Gasteiger partial charge in [-0.05, 0) is 0 Å². The summed E-state index contributed by atoms with van der Waals surface area (Å²) in [5.41, 5.74) is 0.507. The van der Waals surface area contributed by atoms with Crippen molar-refractivity contribution in [2.45, 2.75) is 54.9 Å². The number of amides is 1. The monoisotopic (exact) mass is 525 g/mol. The van der Waals surface area contributed by atoms with E-state index in [1.54, 1.807) is 0 Å². The number of carbonyl (C=O) groups is 1. The fourth-order valence-electron chi connectivity index (χ4n) is 4.41. The Balaban J connectivity index is 1.70. The molecule has 2 aromatic heterocycles. The summed E-state index contributed by atoms with van der Waals surface area (Å²) in [4.78, 5) is 21.5. The number of nitrogens with one attached hydrogen (secondary N) is 1. The predicted molar refractivity (Wildman–Crippen MR) is 139 cm³/mol. The average Bonchev–Trinajstić information content (AvgIpc) is 3.36. The van der Waals surface area contributed by atoms with Gasteiger partial charge in [0.1, 0.15) is 0 Å². The van der Waals surface area contributed by atoms with Gasteiger partial charge in [-0.25, -0.2) is 0 Å². The molecule has 6 nitrogen and oxygen atoms in total. The Morgan fingerprint density at radius 3 is 2.45 bits per heavy atom. The SMILES string of the molecule is CC1CN(c2nc(-n3cc[c]([Ge]([CH3])([CH3])[CH3])n3)ccc2C(=O)NSc2ccccc2)C(C)(C)C1. The summed E-state index contributed by atoms with van der Waals surface area (Å²) >= 11 is -0.719. The van der Waals surface area contributed by atoms with Crippen LogP contribution < -0.4 is 14.1 Å². The second kappa shape index (κ2) is 9.18. The number of hydrogen-bond donors (Lipinski definition) is 1. The van der Waals surface area contributed by atoms with Gasteiger partial charge in [-0.1, -0.05) is 18.2 Å². The number of benzene rings is 1. The van der Waals surface area contributed by atoms with E-state index in [0.29, 0.717) is 11.5 Å². The number of aromatic nitrogens is 3. The van der Waals surface area contributed by atoms with Gasteiger partial charge in [0.15, 0.2) is 0 Å². The molecule has 4 rings (SSSR count). The second-order valence-electron chi connectivity index (χ2n) is 10.5. The van der Waals surface area contributed by atoms with Gasteiger partial charge in [-0.2, -0.15) is 0 Å². The fraction of sp³-hybridized carbons (Fsp3) is 0.400. The molecule has 3 aromatic rings. The molecule has 0 radical (unpaired) electrons. The van der Waals surface area contributed by atoms with Crippen molar-refractivity contribution < 1.29 is 4.79 Å². The van der Waals surface area contributed by atoms with Crippen LogP contribution in [-0.2, 0) is 0 Å². The normalized spacial score (nSPS) is 17.9. The van der Waals surface area contributed by atoms with Crippen LogP contribution in [0, 0.1) is 5.92 Å². The summed E-state index contributed by atoms with van der Waals surface area (Å²) < 4.78 is 6.04. The maximum absolute atomic E-state index is 13.3. The third-order valence-electron chi connectivity index (χ3n) is 6.03. The molecule has 33 heavy (non-hydrogen) atoms. The van der Waals surface area contributed by atoms with Crippen LogP contribution in [0.2, 0.25) is 17.3 Å². The van der Waals surface area contributed by atoms with Crippen molar-refractivity contribution in [3.63, 3.8) is 0 Å². The molecular weight excluding hydrogens is 491 g/mol. The van der Waals surface area contributed by atoms with Crippen LogP contribution in [0.15, 0.2) is 59.6 Å². The molecule has 1 atom stereocenters. The van der Waals surface area contributed by atoms with Crippen LogP contribution in [-0.4, -0.2) is 46.0 Å². The molecule has 0 bridgehead atoms. The summed E-state index contributed by atoms with van der Waals surface area (Å²) in [5, 5.41) is 4.84. The summed E-state index contributed by atoms with van der Waals surface area (Å²) in [6.45, 7) is 7.58. The first-order chi connectivity index (χ1) is 15.5. The Labute approximate surface area is 203 Å². The topological polar surface area (TPSA) is 63.1 Å². The van der Waals surface area contributed by atoms with E-state index in [4.69, 9.17) is 10.1 Å². The molecule has 1 unspecified atom stereocenters. The Hall–Kier alpha value is -2.26. The van der Waals surface area contributed by atoms with E-state index in [0.717, 1.165) is 29.5 Å². The van der Waals surface area contributed by atoms with Crippen LogP contribution in [0.5, 0.6) is 0 Å². The number of nitrogens with zero attached hydrogens (tertiary/aromatic N) is 4. The van der Waals surface area contributed by atoms with Gasteiger partial charge in [-0.3, -0.25) is 0 Å². The molecule has 1 N–H and O–H groups in total. The fourth-order valence-corrected chi connectivity index (χ4v) is 7.08. The summed E-state index contributed by atoms with van der Waals surface area (Å²) in [5.74, 6) is 8.85. The zero-order valence-corrected chi connectivity index (χ0v) is 23.2. The second-order valence-corrected chi connectivity index (χ2v) is 21.9. The van der Waals surface area contributed by atoms with E-state index >= 15 is 0 Å². The number of rotatable bonds is 6. The Kier molecular flexibility index (Phi) is 6.64. The van der Waals surface area contributed by atoms with E-state index in [9.17, 15) is 4.79 Å². The third kappa shape index (κ3) is 5.30. The summed E-state index contributed by atoms with van der Waals surface area (Å²) in [6, 6.07) is 15.7. The summed E-state index contributed by atoms with van der Waals surface area (Å²) in [7, 11) is 0. The molecule has 1 aromatic carbocycles. The van der Waals surface area contributed by atoms with Crippen molar-refractivity contribution in [1.29, 1.82) is 0 Å². The van der Waals surface area contributed by atoms with Gasteiger partial charge < -0.3 is 0 Å². The molecule has 1 aliphatic rings.